The molecule has 27 heavy (non-hydrogen) atoms. The number of rotatable bonds is 19. The fourth-order valence-corrected chi connectivity index (χ4v) is 3.12. The third-order valence-corrected chi connectivity index (χ3v) is 4.77. The third kappa shape index (κ3) is 17.6. The van der Waals surface area contributed by atoms with Gasteiger partial charge in [0.05, 0.1) is 6.42 Å². The summed E-state index contributed by atoms with van der Waals surface area (Å²) >= 11 is 0. The molecule has 0 aliphatic rings. The zero-order valence-electron chi connectivity index (χ0n) is 17.0. The Kier molecular flexibility index (Phi) is 16.8. The van der Waals surface area contributed by atoms with Crippen LogP contribution in [0.2, 0.25) is 0 Å². The van der Waals surface area contributed by atoms with Gasteiger partial charge in [-0.3, -0.25) is 9.59 Å². The van der Waals surface area contributed by atoms with Crippen LogP contribution < -0.4 is 5.32 Å². The van der Waals surface area contributed by atoms with Gasteiger partial charge in [0.25, 0.3) is 0 Å². The topological polar surface area (TPSA) is 104 Å². The lowest BCUT2D eigenvalue weighted by molar-refractivity contribution is -0.147. The van der Waals surface area contributed by atoms with E-state index >= 15 is 0 Å². The van der Waals surface area contributed by atoms with Crippen LogP contribution in [0, 0.1) is 0 Å². The maximum Gasteiger partial charge on any atom is 0.326 e. The van der Waals surface area contributed by atoms with Crippen molar-refractivity contribution in [3.8, 4) is 0 Å². The number of amides is 1. The summed E-state index contributed by atoms with van der Waals surface area (Å²) in [5, 5.41) is 19.8. The summed E-state index contributed by atoms with van der Waals surface area (Å²) in [4.78, 5) is 33.2. The molecule has 1 unspecified atom stereocenters. The molecule has 158 valence electrons. The highest BCUT2D eigenvalue weighted by Gasteiger charge is 2.22. The van der Waals surface area contributed by atoms with E-state index in [1.807, 2.05) is 0 Å². The highest BCUT2D eigenvalue weighted by Crippen LogP contribution is 2.13. The van der Waals surface area contributed by atoms with Crippen molar-refractivity contribution in [1.82, 2.24) is 5.32 Å². The third-order valence-electron chi connectivity index (χ3n) is 4.77. The van der Waals surface area contributed by atoms with Crippen molar-refractivity contribution < 1.29 is 24.6 Å². The number of unbranched alkanes of at least 4 members (excludes halogenated alkanes) is 13. The van der Waals surface area contributed by atoms with Crippen LogP contribution in [0.15, 0.2) is 0 Å². The zero-order valence-corrected chi connectivity index (χ0v) is 17.0. The monoisotopic (exact) mass is 385 g/mol. The quantitative estimate of drug-likeness (QED) is 0.274. The Morgan fingerprint density at radius 1 is 0.704 bits per heavy atom. The predicted octanol–water partition coefficient (Wildman–Crippen LogP) is 4.90. The molecule has 1 atom stereocenters. The molecule has 0 bridgehead atoms. The second-order valence-electron chi connectivity index (χ2n) is 7.40. The molecule has 0 saturated heterocycles. The molecule has 0 aromatic rings. The maximum absolute atomic E-state index is 11.7. The summed E-state index contributed by atoms with van der Waals surface area (Å²) in [6, 6.07) is -1.35. The zero-order chi connectivity index (χ0) is 20.3. The van der Waals surface area contributed by atoms with Crippen LogP contribution in [-0.2, 0) is 14.4 Å². The molecule has 6 heteroatoms. The Hall–Kier alpha value is -1.59. The fraction of sp³-hybridized carbons (Fsp3) is 0.857. The van der Waals surface area contributed by atoms with Gasteiger partial charge in [0.1, 0.15) is 6.04 Å². The van der Waals surface area contributed by atoms with Crippen molar-refractivity contribution >= 4 is 17.8 Å². The Morgan fingerprint density at radius 3 is 1.48 bits per heavy atom. The van der Waals surface area contributed by atoms with Crippen LogP contribution in [-0.4, -0.2) is 34.1 Å². The summed E-state index contributed by atoms with van der Waals surface area (Å²) in [6.45, 7) is 2.24. The number of aliphatic carboxylic acids is 2. The highest BCUT2D eigenvalue weighted by molar-refractivity contribution is 5.86. The highest BCUT2D eigenvalue weighted by atomic mass is 16.4. The molecule has 0 rings (SSSR count). The van der Waals surface area contributed by atoms with Crippen LogP contribution in [0.1, 0.15) is 110 Å². The van der Waals surface area contributed by atoms with Gasteiger partial charge in [-0.1, -0.05) is 90.4 Å². The second kappa shape index (κ2) is 17.8. The minimum absolute atomic E-state index is 0.251. The van der Waals surface area contributed by atoms with E-state index in [1.54, 1.807) is 0 Å². The Bertz CT molecular complexity index is 411. The molecule has 0 radical (unpaired) electrons. The number of carboxylic acids is 2. The van der Waals surface area contributed by atoms with E-state index in [4.69, 9.17) is 10.2 Å². The van der Waals surface area contributed by atoms with Gasteiger partial charge in [-0.25, -0.2) is 4.79 Å². The molecule has 1 amide bonds. The van der Waals surface area contributed by atoms with E-state index in [0.29, 0.717) is 6.42 Å². The average Bonchev–Trinajstić information content (AvgIpc) is 2.61. The molecular weight excluding hydrogens is 346 g/mol. The SMILES string of the molecule is CCCCCCCCCCCCCCCCC(=O)NC(CC(=O)O)C(=O)O. The van der Waals surface area contributed by atoms with Crippen molar-refractivity contribution in [3.63, 3.8) is 0 Å². The molecular formula is C21H39NO5. The Labute approximate surface area is 164 Å². The van der Waals surface area contributed by atoms with Crippen molar-refractivity contribution in [2.75, 3.05) is 0 Å². The van der Waals surface area contributed by atoms with Gasteiger partial charge in [-0.15, -0.1) is 0 Å². The van der Waals surface area contributed by atoms with Crippen LogP contribution in [0.5, 0.6) is 0 Å². The molecule has 0 heterocycles. The van der Waals surface area contributed by atoms with E-state index in [1.165, 1.54) is 70.6 Å². The largest absolute Gasteiger partial charge is 0.481 e. The molecule has 0 aliphatic carbocycles. The van der Waals surface area contributed by atoms with E-state index in [9.17, 15) is 14.4 Å². The molecule has 3 N–H and O–H groups in total. The van der Waals surface area contributed by atoms with Crippen LogP contribution in [0.3, 0.4) is 0 Å². The minimum atomic E-state index is -1.35. The van der Waals surface area contributed by atoms with Gasteiger partial charge >= 0.3 is 11.9 Å². The van der Waals surface area contributed by atoms with Gasteiger partial charge < -0.3 is 15.5 Å². The van der Waals surface area contributed by atoms with E-state index in [-0.39, 0.29) is 12.3 Å². The number of hydrogen-bond acceptors (Lipinski definition) is 3. The lowest BCUT2D eigenvalue weighted by Crippen LogP contribution is -2.42. The first-order valence-corrected chi connectivity index (χ1v) is 10.7. The van der Waals surface area contributed by atoms with Crippen molar-refractivity contribution in [2.24, 2.45) is 0 Å². The summed E-state index contributed by atoms with van der Waals surface area (Å²) in [5.41, 5.74) is 0. The predicted molar refractivity (Wildman–Crippen MR) is 107 cm³/mol. The summed E-state index contributed by atoms with van der Waals surface area (Å²) in [6.07, 6.45) is 16.9. The molecule has 0 fully saturated rings. The van der Waals surface area contributed by atoms with Gasteiger partial charge in [0.15, 0.2) is 0 Å². The maximum atomic E-state index is 11.7. The Balaban J connectivity index is 3.44. The number of nitrogens with one attached hydrogen (secondary N) is 1. The van der Waals surface area contributed by atoms with Gasteiger partial charge in [-0.05, 0) is 6.42 Å². The Morgan fingerprint density at radius 2 is 1.11 bits per heavy atom. The molecule has 0 aliphatic heterocycles. The van der Waals surface area contributed by atoms with Gasteiger partial charge in [-0.2, -0.15) is 0 Å². The molecule has 0 saturated carbocycles. The van der Waals surface area contributed by atoms with Crippen molar-refractivity contribution in [2.45, 2.75) is 116 Å². The normalized spacial score (nSPS) is 11.9. The smallest absolute Gasteiger partial charge is 0.326 e. The van der Waals surface area contributed by atoms with Crippen molar-refractivity contribution in [1.29, 1.82) is 0 Å². The number of carbonyl (C=O) groups excluding carboxylic acids is 1. The lowest BCUT2D eigenvalue weighted by atomic mass is 10.0. The standard InChI is InChI=1S/C21H39NO5/c1-2-3-4-5-6-7-8-9-10-11-12-13-14-15-16-19(23)22-18(21(26)27)17-20(24)25/h18H,2-17H2,1H3,(H,22,23)(H,24,25)(H,26,27). The number of hydrogen-bond donors (Lipinski definition) is 3. The summed E-state index contributed by atoms with van der Waals surface area (Å²) in [7, 11) is 0. The summed E-state index contributed by atoms with van der Waals surface area (Å²) in [5.74, 6) is -2.94. The van der Waals surface area contributed by atoms with Crippen LogP contribution in [0.25, 0.3) is 0 Å². The molecule has 0 aromatic carbocycles. The van der Waals surface area contributed by atoms with Crippen LogP contribution >= 0.6 is 0 Å². The average molecular weight is 386 g/mol. The molecule has 0 spiro atoms. The molecule has 6 nitrogen and oxygen atoms in total. The summed E-state index contributed by atoms with van der Waals surface area (Å²) < 4.78 is 0. The first-order chi connectivity index (χ1) is 13.0. The first kappa shape index (κ1) is 25.4. The van der Waals surface area contributed by atoms with E-state index in [0.717, 1.165) is 12.8 Å². The number of carbonyl (C=O) groups is 3. The fourth-order valence-electron chi connectivity index (χ4n) is 3.12. The lowest BCUT2D eigenvalue weighted by Gasteiger charge is -2.12. The minimum Gasteiger partial charge on any atom is -0.481 e. The van der Waals surface area contributed by atoms with Gasteiger partial charge in [0.2, 0.25) is 5.91 Å². The van der Waals surface area contributed by atoms with E-state index in [2.05, 4.69) is 12.2 Å². The van der Waals surface area contributed by atoms with E-state index < -0.39 is 24.4 Å². The van der Waals surface area contributed by atoms with Gasteiger partial charge in [0, 0.05) is 6.42 Å². The van der Waals surface area contributed by atoms with Crippen molar-refractivity contribution in [3.05, 3.63) is 0 Å². The van der Waals surface area contributed by atoms with Crippen LogP contribution in [0.4, 0.5) is 0 Å². The first-order valence-electron chi connectivity index (χ1n) is 10.7. The second-order valence-corrected chi connectivity index (χ2v) is 7.40. The molecule has 0 aromatic heterocycles. The number of carboxylic acid groups (broad SMARTS) is 2.